The monoisotopic (exact) mass is 463 g/mol. The molecule has 3 aromatic rings. The second kappa shape index (κ2) is 9.26. The third kappa shape index (κ3) is 5.48. The molecule has 0 saturated heterocycles. The second-order valence-corrected chi connectivity index (χ2v) is 7.85. The molecule has 0 aliphatic carbocycles. The highest BCUT2D eigenvalue weighted by molar-refractivity contribution is 9.10. The van der Waals surface area contributed by atoms with E-state index in [2.05, 4.69) is 21.2 Å². The van der Waals surface area contributed by atoms with Gasteiger partial charge in [-0.2, -0.15) is 0 Å². The predicted molar refractivity (Wildman–Crippen MR) is 113 cm³/mol. The smallest absolute Gasteiger partial charge is 0.316 e. The van der Waals surface area contributed by atoms with Crippen LogP contribution in [0.4, 0.5) is 5.69 Å². The lowest BCUT2D eigenvalue weighted by molar-refractivity contribution is -0.144. The minimum Gasteiger partial charge on any atom is -0.455 e. The molecule has 0 aliphatic rings. The average molecular weight is 465 g/mol. The van der Waals surface area contributed by atoms with Crippen LogP contribution in [0.2, 0.25) is 5.02 Å². The van der Waals surface area contributed by atoms with Crippen molar-refractivity contribution >= 4 is 67.6 Å². The molecule has 0 aromatic heterocycles. The number of benzene rings is 3. The molecule has 0 spiro atoms. The number of carbonyl (C=O) groups excluding carboxylic acids is 2. The van der Waals surface area contributed by atoms with E-state index in [-0.39, 0.29) is 12.4 Å². The number of anilines is 1. The van der Waals surface area contributed by atoms with Crippen LogP contribution in [-0.2, 0) is 14.3 Å². The molecule has 138 valence electrons. The Kier molecular flexibility index (Phi) is 6.77. The molecule has 0 atom stereocenters. The van der Waals surface area contributed by atoms with Gasteiger partial charge < -0.3 is 10.1 Å². The number of rotatable bonds is 6. The van der Waals surface area contributed by atoms with Gasteiger partial charge in [-0.3, -0.25) is 9.59 Å². The molecular formula is C20H15BrClNO3S. The van der Waals surface area contributed by atoms with Gasteiger partial charge in [0.25, 0.3) is 5.91 Å². The Morgan fingerprint density at radius 3 is 2.56 bits per heavy atom. The maximum atomic E-state index is 11.9. The Bertz CT molecular complexity index is 979. The Hall–Kier alpha value is -2.02. The number of hydrogen-bond donors (Lipinski definition) is 1. The molecule has 0 radical (unpaired) electrons. The van der Waals surface area contributed by atoms with Gasteiger partial charge >= 0.3 is 5.97 Å². The minimum absolute atomic E-state index is 0.116. The fourth-order valence-electron chi connectivity index (χ4n) is 2.38. The Labute approximate surface area is 174 Å². The summed E-state index contributed by atoms with van der Waals surface area (Å²) < 4.78 is 5.98. The fourth-order valence-corrected chi connectivity index (χ4v) is 4.10. The van der Waals surface area contributed by atoms with Crippen molar-refractivity contribution < 1.29 is 14.3 Å². The summed E-state index contributed by atoms with van der Waals surface area (Å²) >= 11 is 10.7. The second-order valence-electron chi connectivity index (χ2n) is 5.60. The van der Waals surface area contributed by atoms with Gasteiger partial charge in [0.1, 0.15) is 0 Å². The van der Waals surface area contributed by atoms with Crippen LogP contribution in [0, 0.1) is 0 Å². The van der Waals surface area contributed by atoms with Gasteiger partial charge in [0.2, 0.25) is 0 Å². The number of thioether (sulfide) groups is 1. The van der Waals surface area contributed by atoms with Gasteiger partial charge in [0, 0.05) is 20.1 Å². The number of fused-ring (bicyclic) bond motifs is 1. The topological polar surface area (TPSA) is 55.4 Å². The highest BCUT2D eigenvalue weighted by Crippen LogP contribution is 2.34. The number of hydrogen-bond acceptors (Lipinski definition) is 4. The summed E-state index contributed by atoms with van der Waals surface area (Å²) in [6.45, 7) is -0.332. The summed E-state index contributed by atoms with van der Waals surface area (Å²) in [5.74, 6) is -0.737. The first kappa shape index (κ1) is 19.7. The van der Waals surface area contributed by atoms with E-state index >= 15 is 0 Å². The van der Waals surface area contributed by atoms with Crippen LogP contribution in [0.1, 0.15) is 0 Å². The molecule has 4 nitrogen and oxygen atoms in total. The van der Waals surface area contributed by atoms with Crippen molar-refractivity contribution in [2.24, 2.45) is 0 Å². The van der Waals surface area contributed by atoms with Crippen LogP contribution in [0.5, 0.6) is 0 Å². The van der Waals surface area contributed by atoms with E-state index in [4.69, 9.17) is 16.3 Å². The minimum atomic E-state index is -0.452. The van der Waals surface area contributed by atoms with Crippen LogP contribution < -0.4 is 5.32 Å². The molecule has 3 rings (SSSR count). The van der Waals surface area contributed by atoms with E-state index in [1.807, 2.05) is 36.4 Å². The normalized spacial score (nSPS) is 10.6. The summed E-state index contributed by atoms with van der Waals surface area (Å²) in [5.41, 5.74) is 0.593. The summed E-state index contributed by atoms with van der Waals surface area (Å²) in [5, 5.41) is 5.42. The molecule has 1 N–H and O–H groups in total. The molecule has 7 heteroatoms. The van der Waals surface area contributed by atoms with Crippen molar-refractivity contribution in [1.82, 2.24) is 0 Å². The maximum absolute atomic E-state index is 11.9. The van der Waals surface area contributed by atoms with Crippen molar-refractivity contribution in [1.29, 1.82) is 0 Å². The lowest BCUT2D eigenvalue weighted by atomic mass is 10.1. The van der Waals surface area contributed by atoms with Crippen LogP contribution in [0.25, 0.3) is 10.8 Å². The van der Waals surface area contributed by atoms with Crippen molar-refractivity contribution in [3.8, 4) is 0 Å². The number of ether oxygens (including phenoxy) is 1. The van der Waals surface area contributed by atoms with E-state index in [1.165, 1.54) is 11.8 Å². The van der Waals surface area contributed by atoms with Crippen LogP contribution in [0.3, 0.4) is 0 Å². The number of carbonyl (C=O) groups is 2. The Morgan fingerprint density at radius 2 is 1.78 bits per heavy atom. The molecule has 0 unspecified atom stereocenters. The summed E-state index contributed by atoms with van der Waals surface area (Å²) in [6.07, 6.45) is 0. The van der Waals surface area contributed by atoms with Crippen molar-refractivity contribution in [2.45, 2.75) is 4.90 Å². The molecule has 0 heterocycles. The van der Waals surface area contributed by atoms with E-state index in [0.717, 1.165) is 20.1 Å². The Morgan fingerprint density at radius 1 is 1.04 bits per heavy atom. The summed E-state index contributed by atoms with van der Waals surface area (Å²) in [6, 6.07) is 18.6. The van der Waals surface area contributed by atoms with E-state index in [0.29, 0.717) is 10.7 Å². The zero-order valence-electron chi connectivity index (χ0n) is 14.1. The molecule has 1 amide bonds. The highest BCUT2D eigenvalue weighted by atomic mass is 79.9. The zero-order valence-corrected chi connectivity index (χ0v) is 17.2. The lowest BCUT2D eigenvalue weighted by Gasteiger charge is -2.09. The average Bonchev–Trinajstić information content (AvgIpc) is 2.68. The Balaban J connectivity index is 1.49. The van der Waals surface area contributed by atoms with Crippen molar-refractivity contribution in [2.75, 3.05) is 17.7 Å². The molecule has 3 aromatic carbocycles. The summed E-state index contributed by atoms with van der Waals surface area (Å²) in [7, 11) is 0. The lowest BCUT2D eigenvalue weighted by Crippen LogP contribution is -2.21. The van der Waals surface area contributed by atoms with Gasteiger partial charge in [-0.05, 0) is 57.0 Å². The van der Waals surface area contributed by atoms with Gasteiger partial charge in [-0.15, -0.1) is 11.8 Å². The third-order valence-corrected chi connectivity index (χ3v) is 6.07. The van der Waals surface area contributed by atoms with E-state index in [9.17, 15) is 9.59 Å². The quantitative estimate of drug-likeness (QED) is 0.385. The van der Waals surface area contributed by atoms with Gasteiger partial charge in [0.05, 0.1) is 5.75 Å². The van der Waals surface area contributed by atoms with Crippen LogP contribution in [0.15, 0.2) is 70.0 Å². The highest BCUT2D eigenvalue weighted by Gasteiger charge is 2.11. The SMILES string of the molecule is O=C(COC(=O)CSc1ccc2ccccc2c1Br)Nc1ccc(Cl)cc1. The number of amides is 1. The molecule has 0 fully saturated rings. The molecule has 0 aliphatic heterocycles. The van der Waals surface area contributed by atoms with Gasteiger partial charge in [-0.25, -0.2) is 0 Å². The molecular weight excluding hydrogens is 450 g/mol. The van der Waals surface area contributed by atoms with Crippen LogP contribution in [-0.4, -0.2) is 24.2 Å². The first-order valence-electron chi connectivity index (χ1n) is 8.04. The predicted octanol–water partition coefficient (Wildman–Crippen LogP) is 5.53. The van der Waals surface area contributed by atoms with Crippen LogP contribution >= 0.6 is 39.3 Å². The number of nitrogens with one attached hydrogen (secondary N) is 1. The first-order valence-corrected chi connectivity index (χ1v) is 10.2. The molecule has 27 heavy (non-hydrogen) atoms. The maximum Gasteiger partial charge on any atom is 0.316 e. The fraction of sp³-hybridized carbons (Fsp3) is 0.100. The first-order chi connectivity index (χ1) is 13.0. The number of halogens is 2. The number of esters is 1. The van der Waals surface area contributed by atoms with Gasteiger partial charge in [-0.1, -0.05) is 41.9 Å². The van der Waals surface area contributed by atoms with E-state index < -0.39 is 11.9 Å². The zero-order chi connectivity index (χ0) is 19.2. The van der Waals surface area contributed by atoms with E-state index in [1.54, 1.807) is 24.3 Å². The van der Waals surface area contributed by atoms with Crippen molar-refractivity contribution in [3.05, 3.63) is 70.2 Å². The third-order valence-electron chi connectivity index (χ3n) is 3.67. The molecule has 0 saturated carbocycles. The summed E-state index contributed by atoms with van der Waals surface area (Å²) in [4.78, 5) is 24.7. The molecule has 0 bridgehead atoms. The largest absolute Gasteiger partial charge is 0.455 e. The van der Waals surface area contributed by atoms with Gasteiger partial charge in [0.15, 0.2) is 6.61 Å². The van der Waals surface area contributed by atoms with Crippen molar-refractivity contribution in [3.63, 3.8) is 0 Å². The standard InChI is InChI=1S/C20H15BrClNO3S/c21-20-16-4-2-1-3-13(16)5-10-17(20)27-12-19(25)26-11-18(24)23-15-8-6-14(22)7-9-15/h1-10H,11-12H2,(H,23,24).